The minimum atomic E-state index is -1.86. The monoisotopic (exact) mass is 449 g/mol. The van der Waals surface area contributed by atoms with E-state index in [0.717, 1.165) is 5.56 Å². The average Bonchev–Trinajstić information content (AvgIpc) is 3.12. The summed E-state index contributed by atoms with van der Waals surface area (Å²) < 4.78 is 5.49. The molecule has 0 fully saturated rings. The number of anilines is 2. The number of alkyl carbamates (subject to hydrolysis) is 1. The molecule has 8 nitrogen and oxygen atoms in total. The molecule has 0 aromatic heterocycles. The summed E-state index contributed by atoms with van der Waals surface area (Å²) in [6.07, 6.45) is -0.856. The highest BCUT2D eigenvalue weighted by Crippen LogP contribution is 2.48. The molecule has 0 aliphatic carbocycles. The molecule has 4 rings (SSSR count). The van der Waals surface area contributed by atoms with Gasteiger partial charge in [0.25, 0.3) is 5.91 Å². The van der Waals surface area contributed by atoms with E-state index in [1.54, 1.807) is 64.2 Å². The Morgan fingerprint density at radius 1 is 1.06 bits per heavy atom. The lowest BCUT2D eigenvalue weighted by atomic mass is 9.80. The Balaban J connectivity index is 1.99. The Morgan fingerprint density at radius 2 is 1.73 bits per heavy atom. The van der Waals surface area contributed by atoms with Gasteiger partial charge in [-0.05, 0) is 45.9 Å². The van der Waals surface area contributed by atoms with Crippen molar-refractivity contribution < 1.29 is 23.9 Å². The van der Waals surface area contributed by atoms with Gasteiger partial charge in [-0.1, -0.05) is 29.8 Å². The number of fused-ring (bicyclic) bond motifs is 2. The van der Waals surface area contributed by atoms with E-state index in [0.29, 0.717) is 22.5 Å². The van der Waals surface area contributed by atoms with Crippen LogP contribution in [-0.4, -0.2) is 42.4 Å². The number of nitrogens with zero attached hydrogens (tertiary/aromatic N) is 2. The van der Waals surface area contributed by atoms with Crippen LogP contribution < -0.4 is 15.1 Å². The van der Waals surface area contributed by atoms with Crippen LogP contribution in [-0.2, 0) is 19.9 Å². The van der Waals surface area contributed by atoms with Gasteiger partial charge in [-0.15, -0.1) is 0 Å². The number of carbonyl (C=O) groups is 4. The minimum Gasteiger partial charge on any atom is -0.444 e. The number of likely N-dealkylation sites (N-methyl/N-ethyl adjacent to an activating group) is 1. The molecule has 2 aliphatic heterocycles. The van der Waals surface area contributed by atoms with E-state index < -0.39 is 40.9 Å². The van der Waals surface area contributed by atoms with Crippen LogP contribution >= 0.6 is 0 Å². The van der Waals surface area contributed by atoms with Gasteiger partial charge in [-0.25, -0.2) is 4.79 Å². The Morgan fingerprint density at radius 3 is 2.36 bits per heavy atom. The first-order valence-corrected chi connectivity index (χ1v) is 10.7. The fourth-order valence-electron chi connectivity index (χ4n) is 4.70. The Hall–Kier alpha value is -3.68. The molecule has 1 N–H and O–H groups in total. The number of nitrogens with one attached hydrogen (secondary N) is 1. The quantitative estimate of drug-likeness (QED) is 0.759. The summed E-state index contributed by atoms with van der Waals surface area (Å²) in [5.74, 6) is -1.36. The second-order valence-electron chi connectivity index (χ2n) is 9.49. The van der Waals surface area contributed by atoms with Crippen molar-refractivity contribution in [3.63, 3.8) is 0 Å². The second kappa shape index (κ2) is 7.43. The van der Waals surface area contributed by atoms with Crippen molar-refractivity contribution in [1.29, 1.82) is 0 Å². The molecule has 2 aromatic carbocycles. The van der Waals surface area contributed by atoms with Crippen LogP contribution in [0.2, 0.25) is 0 Å². The molecule has 2 heterocycles. The molecule has 172 valence electrons. The van der Waals surface area contributed by atoms with Gasteiger partial charge in [0, 0.05) is 30.8 Å². The number of rotatable bonds is 2. The van der Waals surface area contributed by atoms with Gasteiger partial charge in [0.05, 0.1) is 5.69 Å². The summed E-state index contributed by atoms with van der Waals surface area (Å²) in [7, 11) is 1.58. The van der Waals surface area contributed by atoms with Crippen molar-refractivity contribution >= 4 is 35.1 Å². The zero-order valence-electron chi connectivity index (χ0n) is 19.6. The second-order valence-corrected chi connectivity index (χ2v) is 9.49. The van der Waals surface area contributed by atoms with E-state index in [-0.39, 0.29) is 0 Å². The topological polar surface area (TPSA) is 96.0 Å². The molecular formula is C25H27N3O5. The summed E-state index contributed by atoms with van der Waals surface area (Å²) >= 11 is 0. The van der Waals surface area contributed by atoms with E-state index in [1.807, 2.05) is 13.0 Å². The largest absolute Gasteiger partial charge is 0.444 e. The number of aryl methyl sites for hydroxylation is 1. The van der Waals surface area contributed by atoms with E-state index in [2.05, 4.69) is 5.32 Å². The van der Waals surface area contributed by atoms with Crippen molar-refractivity contribution in [2.24, 2.45) is 0 Å². The molecule has 2 aromatic rings. The van der Waals surface area contributed by atoms with E-state index in [1.165, 1.54) is 16.7 Å². The number of hydrogen-bond donors (Lipinski definition) is 1. The lowest BCUT2D eigenvalue weighted by molar-refractivity contribution is -0.125. The SMILES string of the molecule is CC(=O)N1c2ccccc2C(=O)C1[C@]1(NC(=O)OC(C)(C)C)C(=O)N(C)c2ccc(C)cc21. The summed E-state index contributed by atoms with van der Waals surface area (Å²) in [4.78, 5) is 56.3. The predicted molar refractivity (Wildman–Crippen MR) is 123 cm³/mol. The van der Waals surface area contributed by atoms with Gasteiger partial charge in [0.15, 0.2) is 11.3 Å². The number of Topliss-reactive ketones (excluding diaryl/α,β-unsaturated/α-hetero) is 1. The van der Waals surface area contributed by atoms with E-state index in [9.17, 15) is 19.2 Å². The van der Waals surface area contributed by atoms with Gasteiger partial charge in [0.2, 0.25) is 5.91 Å². The number of amides is 3. The lowest BCUT2D eigenvalue weighted by Gasteiger charge is -2.38. The van der Waals surface area contributed by atoms with Crippen LogP contribution in [0.25, 0.3) is 0 Å². The predicted octanol–water partition coefficient (Wildman–Crippen LogP) is 3.31. The highest BCUT2D eigenvalue weighted by atomic mass is 16.6. The lowest BCUT2D eigenvalue weighted by Crippen LogP contribution is -2.66. The fraction of sp³-hybridized carbons (Fsp3) is 0.360. The van der Waals surface area contributed by atoms with Crippen molar-refractivity contribution in [2.45, 2.75) is 51.8 Å². The molecule has 33 heavy (non-hydrogen) atoms. The zero-order chi connectivity index (χ0) is 24.3. The third-order valence-corrected chi connectivity index (χ3v) is 5.96. The van der Waals surface area contributed by atoms with Gasteiger partial charge in [-0.2, -0.15) is 0 Å². The highest BCUT2D eigenvalue weighted by molar-refractivity contribution is 6.23. The number of carbonyl (C=O) groups excluding carboxylic acids is 4. The first-order valence-electron chi connectivity index (χ1n) is 10.7. The Labute approximate surface area is 192 Å². The van der Waals surface area contributed by atoms with Crippen LogP contribution in [0.3, 0.4) is 0 Å². The van der Waals surface area contributed by atoms with Crippen LogP contribution in [0.1, 0.15) is 49.2 Å². The Bertz CT molecular complexity index is 1200. The first-order chi connectivity index (χ1) is 15.4. The average molecular weight is 450 g/mol. The molecule has 0 bridgehead atoms. The van der Waals surface area contributed by atoms with Gasteiger partial charge in [0.1, 0.15) is 11.6 Å². The van der Waals surface area contributed by atoms with E-state index in [4.69, 9.17) is 4.74 Å². The molecule has 2 atom stereocenters. The maximum Gasteiger partial charge on any atom is 0.408 e. The molecular weight excluding hydrogens is 422 g/mol. The molecule has 0 spiro atoms. The maximum atomic E-state index is 13.9. The number of hydrogen-bond acceptors (Lipinski definition) is 5. The molecule has 0 saturated carbocycles. The van der Waals surface area contributed by atoms with Crippen LogP contribution in [0.15, 0.2) is 42.5 Å². The summed E-state index contributed by atoms with van der Waals surface area (Å²) in [6, 6.07) is 10.8. The highest BCUT2D eigenvalue weighted by Gasteiger charge is 2.63. The third-order valence-electron chi connectivity index (χ3n) is 5.96. The van der Waals surface area contributed by atoms with Crippen LogP contribution in [0.5, 0.6) is 0 Å². The molecule has 2 aliphatic rings. The first kappa shape index (κ1) is 22.5. The minimum absolute atomic E-state index is 0.319. The summed E-state index contributed by atoms with van der Waals surface area (Å²) in [5.41, 5.74) is -0.143. The maximum absolute atomic E-state index is 13.9. The van der Waals surface area contributed by atoms with Gasteiger partial charge >= 0.3 is 6.09 Å². The number of ketones is 1. The number of benzene rings is 2. The zero-order valence-corrected chi connectivity index (χ0v) is 19.6. The van der Waals surface area contributed by atoms with Crippen molar-refractivity contribution in [2.75, 3.05) is 16.8 Å². The standard InChI is InChI=1S/C25H27N3O5/c1-14-11-12-19-17(13-14)25(22(31)27(19)6,26-23(32)33-24(3,4)5)21-20(30)16-9-7-8-10-18(16)28(21)15(2)29/h7-13,21H,1-6H3,(H,26,32)/t21?,25-/m0/s1. The van der Waals surface area contributed by atoms with Crippen LogP contribution in [0.4, 0.5) is 16.2 Å². The smallest absolute Gasteiger partial charge is 0.408 e. The molecule has 3 amide bonds. The molecule has 0 saturated heterocycles. The normalized spacial score (nSPS) is 21.7. The van der Waals surface area contributed by atoms with Crippen molar-refractivity contribution in [1.82, 2.24) is 5.32 Å². The summed E-state index contributed by atoms with van der Waals surface area (Å²) in [6.45, 7) is 8.31. The summed E-state index contributed by atoms with van der Waals surface area (Å²) in [5, 5.41) is 2.74. The van der Waals surface area contributed by atoms with Crippen LogP contribution in [0, 0.1) is 6.92 Å². The fourth-order valence-corrected chi connectivity index (χ4v) is 4.70. The third kappa shape index (κ3) is 3.37. The molecule has 1 unspecified atom stereocenters. The molecule has 8 heteroatoms. The van der Waals surface area contributed by atoms with Crippen molar-refractivity contribution in [3.05, 3.63) is 59.2 Å². The van der Waals surface area contributed by atoms with Crippen molar-refractivity contribution in [3.8, 4) is 0 Å². The molecule has 0 radical (unpaired) electrons. The van der Waals surface area contributed by atoms with E-state index >= 15 is 0 Å². The number of ether oxygens (including phenoxy) is 1. The van der Waals surface area contributed by atoms with Gasteiger partial charge < -0.3 is 15.0 Å². The Kier molecular flexibility index (Phi) is 5.07. The van der Waals surface area contributed by atoms with Gasteiger partial charge in [-0.3, -0.25) is 19.3 Å². The number of para-hydroxylation sites is 1.